The van der Waals surface area contributed by atoms with Gasteiger partial charge in [-0.05, 0) is 43.8 Å². The van der Waals surface area contributed by atoms with E-state index in [1.54, 1.807) is 0 Å². The van der Waals surface area contributed by atoms with Crippen LogP contribution in [0.1, 0.15) is 12.5 Å². The minimum absolute atomic E-state index is 0.00393. The molecule has 2 aromatic carbocycles. The molecule has 3 nitrogen and oxygen atoms in total. The second-order valence-electron chi connectivity index (χ2n) is 5.07. The lowest BCUT2D eigenvalue weighted by molar-refractivity contribution is -0.120. The molecule has 0 spiro atoms. The largest absolute Gasteiger partial charge is 0.325 e. The summed E-state index contributed by atoms with van der Waals surface area (Å²) in [4.78, 5) is 14.3. The monoisotopic (exact) mass is 346 g/mol. The summed E-state index contributed by atoms with van der Waals surface area (Å²) >= 11 is 3.38. The Balaban J connectivity index is 1.93. The number of amides is 1. The molecule has 0 radical (unpaired) electrons. The minimum atomic E-state index is -0.200. The van der Waals surface area contributed by atoms with Gasteiger partial charge in [-0.15, -0.1) is 0 Å². The second kappa shape index (κ2) is 7.38. The molecule has 0 aromatic heterocycles. The summed E-state index contributed by atoms with van der Waals surface area (Å²) in [6.07, 6.45) is 0. The number of benzene rings is 2. The van der Waals surface area contributed by atoms with E-state index in [-0.39, 0.29) is 11.9 Å². The van der Waals surface area contributed by atoms with E-state index in [4.69, 9.17) is 0 Å². The van der Waals surface area contributed by atoms with Crippen molar-refractivity contribution in [1.82, 2.24) is 4.90 Å². The van der Waals surface area contributed by atoms with Crippen molar-refractivity contribution in [3.63, 3.8) is 0 Å². The Morgan fingerprint density at radius 2 is 1.76 bits per heavy atom. The van der Waals surface area contributed by atoms with Gasteiger partial charge >= 0.3 is 0 Å². The molecule has 0 aliphatic rings. The number of hydrogen-bond donors (Lipinski definition) is 1. The molecule has 0 bridgehead atoms. The van der Waals surface area contributed by atoms with E-state index in [0.717, 1.165) is 16.7 Å². The van der Waals surface area contributed by atoms with E-state index in [9.17, 15) is 4.79 Å². The van der Waals surface area contributed by atoms with Crippen LogP contribution in [0.2, 0.25) is 0 Å². The van der Waals surface area contributed by atoms with Gasteiger partial charge < -0.3 is 5.32 Å². The van der Waals surface area contributed by atoms with E-state index < -0.39 is 0 Å². The number of rotatable bonds is 5. The maximum Gasteiger partial charge on any atom is 0.241 e. The summed E-state index contributed by atoms with van der Waals surface area (Å²) in [5, 5.41) is 2.93. The van der Waals surface area contributed by atoms with Gasteiger partial charge in [-0.1, -0.05) is 46.3 Å². The van der Waals surface area contributed by atoms with E-state index in [1.165, 1.54) is 5.56 Å². The molecule has 0 saturated carbocycles. The predicted octanol–water partition coefficient (Wildman–Crippen LogP) is 3.91. The number of nitrogens with one attached hydrogen (secondary N) is 1. The quantitative estimate of drug-likeness (QED) is 0.890. The van der Waals surface area contributed by atoms with Crippen LogP contribution in [-0.2, 0) is 11.3 Å². The second-order valence-corrected chi connectivity index (χ2v) is 5.99. The lowest BCUT2D eigenvalue weighted by Gasteiger charge is -2.24. The van der Waals surface area contributed by atoms with E-state index in [1.807, 2.05) is 61.3 Å². The summed E-state index contributed by atoms with van der Waals surface area (Å²) in [6, 6.07) is 17.5. The number of halogens is 1. The van der Waals surface area contributed by atoms with Crippen LogP contribution in [0.25, 0.3) is 0 Å². The molecule has 21 heavy (non-hydrogen) atoms. The molecular weight excluding hydrogens is 328 g/mol. The van der Waals surface area contributed by atoms with Gasteiger partial charge in [-0.3, -0.25) is 9.69 Å². The first-order chi connectivity index (χ1) is 10.1. The average molecular weight is 347 g/mol. The summed E-state index contributed by atoms with van der Waals surface area (Å²) in [5.74, 6) is -0.00393. The van der Waals surface area contributed by atoms with E-state index in [2.05, 4.69) is 33.4 Å². The Bertz CT molecular complexity index is 583. The van der Waals surface area contributed by atoms with Crippen LogP contribution < -0.4 is 5.32 Å². The van der Waals surface area contributed by atoms with E-state index in [0.29, 0.717) is 0 Å². The maximum absolute atomic E-state index is 12.3. The summed E-state index contributed by atoms with van der Waals surface area (Å²) in [5.41, 5.74) is 2.01. The first-order valence-corrected chi connectivity index (χ1v) is 7.66. The molecular formula is C17H19BrN2O. The fourth-order valence-corrected chi connectivity index (χ4v) is 2.25. The van der Waals surface area contributed by atoms with Crippen LogP contribution in [0.4, 0.5) is 5.69 Å². The highest BCUT2D eigenvalue weighted by Gasteiger charge is 2.18. The van der Waals surface area contributed by atoms with Crippen LogP contribution in [-0.4, -0.2) is 23.9 Å². The highest BCUT2D eigenvalue weighted by atomic mass is 79.9. The van der Waals surface area contributed by atoms with Crippen molar-refractivity contribution in [3.8, 4) is 0 Å². The van der Waals surface area contributed by atoms with Gasteiger partial charge in [0.2, 0.25) is 5.91 Å². The van der Waals surface area contributed by atoms with Crippen LogP contribution >= 0.6 is 15.9 Å². The summed E-state index contributed by atoms with van der Waals surface area (Å²) in [7, 11) is 1.96. The molecule has 1 atom stereocenters. The molecule has 0 fully saturated rings. The lowest BCUT2D eigenvalue weighted by Crippen LogP contribution is -2.39. The fourth-order valence-electron chi connectivity index (χ4n) is 1.99. The fraction of sp³-hybridized carbons (Fsp3) is 0.235. The maximum atomic E-state index is 12.3. The van der Waals surface area contributed by atoms with Crippen molar-refractivity contribution in [2.24, 2.45) is 0 Å². The molecule has 0 aliphatic carbocycles. The molecule has 0 aliphatic heterocycles. The molecule has 2 aromatic rings. The SMILES string of the molecule is C[C@H](C(=O)Nc1ccc(Br)cc1)N(C)Cc1ccccc1. The third-order valence-corrected chi connectivity index (χ3v) is 3.96. The zero-order chi connectivity index (χ0) is 15.2. The number of likely N-dealkylation sites (N-methyl/N-ethyl adjacent to an activating group) is 1. The molecule has 1 N–H and O–H groups in total. The first kappa shape index (κ1) is 15.7. The molecule has 0 saturated heterocycles. The number of nitrogens with zero attached hydrogens (tertiary/aromatic N) is 1. The molecule has 0 heterocycles. The highest BCUT2D eigenvalue weighted by molar-refractivity contribution is 9.10. The predicted molar refractivity (Wildman–Crippen MR) is 90.1 cm³/mol. The van der Waals surface area contributed by atoms with Crippen molar-refractivity contribution < 1.29 is 4.79 Å². The topological polar surface area (TPSA) is 32.3 Å². The Labute approximate surface area is 134 Å². The van der Waals surface area contributed by atoms with Gasteiger partial charge in [0.1, 0.15) is 0 Å². The zero-order valence-electron chi connectivity index (χ0n) is 12.2. The van der Waals surface area contributed by atoms with Crippen LogP contribution in [0.15, 0.2) is 59.1 Å². The Morgan fingerprint density at radius 1 is 1.14 bits per heavy atom. The van der Waals surface area contributed by atoms with Gasteiger partial charge in [0, 0.05) is 16.7 Å². The smallest absolute Gasteiger partial charge is 0.241 e. The molecule has 110 valence electrons. The Hall–Kier alpha value is -1.65. The van der Waals surface area contributed by atoms with Gasteiger partial charge in [-0.25, -0.2) is 0 Å². The summed E-state index contributed by atoms with van der Waals surface area (Å²) < 4.78 is 0.995. The van der Waals surface area contributed by atoms with Crippen LogP contribution in [0.3, 0.4) is 0 Å². The Morgan fingerprint density at radius 3 is 2.38 bits per heavy atom. The standard InChI is InChI=1S/C17H19BrN2O/c1-13(20(2)12-14-6-4-3-5-7-14)17(21)19-16-10-8-15(18)9-11-16/h3-11,13H,12H2,1-2H3,(H,19,21)/t13-/m1/s1. The van der Waals surface area contributed by atoms with Crippen molar-refractivity contribution in [2.75, 3.05) is 12.4 Å². The normalized spacial score (nSPS) is 12.2. The van der Waals surface area contributed by atoms with Crippen molar-refractivity contribution in [2.45, 2.75) is 19.5 Å². The number of carbonyl (C=O) groups is 1. The first-order valence-electron chi connectivity index (χ1n) is 6.87. The van der Waals surface area contributed by atoms with Crippen molar-refractivity contribution >= 4 is 27.5 Å². The Kier molecular flexibility index (Phi) is 5.53. The third-order valence-electron chi connectivity index (χ3n) is 3.43. The average Bonchev–Trinajstić information content (AvgIpc) is 2.49. The van der Waals surface area contributed by atoms with Crippen molar-refractivity contribution in [1.29, 1.82) is 0 Å². The lowest BCUT2D eigenvalue weighted by atomic mass is 10.2. The number of hydrogen-bond acceptors (Lipinski definition) is 2. The molecule has 0 unspecified atom stereocenters. The number of carbonyl (C=O) groups excluding carboxylic acids is 1. The highest BCUT2D eigenvalue weighted by Crippen LogP contribution is 2.15. The van der Waals surface area contributed by atoms with Gasteiger partial charge in [0.05, 0.1) is 6.04 Å². The van der Waals surface area contributed by atoms with Gasteiger partial charge in [0.25, 0.3) is 0 Å². The number of anilines is 1. The zero-order valence-corrected chi connectivity index (χ0v) is 13.8. The van der Waals surface area contributed by atoms with Crippen LogP contribution in [0.5, 0.6) is 0 Å². The minimum Gasteiger partial charge on any atom is -0.325 e. The van der Waals surface area contributed by atoms with E-state index >= 15 is 0 Å². The van der Waals surface area contributed by atoms with Crippen LogP contribution in [0, 0.1) is 0 Å². The molecule has 1 amide bonds. The molecule has 2 rings (SSSR count). The summed E-state index contributed by atoms with van der Waals surface area (Å²) in [6.45, 7) is 2.66. The van der Waals surface area contributed by atoms with Gasteiger partial charge in [0.15, 0.2) is 0 Å². The third kappa shape index (κ3) is 4.69. The molecule has 4 heteroatoms. The van der Waals surface area contributed by atoms with Crippen molar-refractivity contribution in [3.05, 3.63) is 64.6 Å². The van der Waals surface area contributed by atoms with Gasteiger partial charge in [-0.2, -0.15) is 0 Å².